The molecule has 0 amide bonds. The Bertz CT molecular complexity index is 1100. The van der Waals surface area contributed by atoms with Crippen LogP contribution in [0.5, 0.6) is 0 Å². The predicted molar refractivity (Wildman–Crippen MR) is 106 cm³/mol. The molecular weight excluding hydrogens is 336 g/mol. The van der Waals surface area contributed by atoms with Crippen LogP contribution in [0, 0.1) is 6.92 Å². The van der Waals surface area contributed by atoms with Crippen molar-refractivity contribution >= 4 is 11.5 Å². The Kier molecular flexibility index (Phi) is 3.53. The molecule has 27 heavy (non-hydrogen) atoms. The topological polar surface area (TPSA) is 62.1 Å². The van der Waals surface area contributed by atoms with Crippen molar-refractivity contribution in [3.63, 3.8) is 0 Å². The third kappa shape index (κ3) is 2.51. The molecule has 3 aromatic heterocycles. The van der Waals surface area contributed by atoms with Gasteiger partial charge in [-0.3, -0.25) is 5.10 Å². The molecule has 0 atom stereocenters. The van der Waals surface area contributed by atoms with Crippen molar-refractivity contribution in [3.05, 3.63) is 65.1 Å². The number of aromatic nitrogens is 5. The summed E-state index contributed by atoms with van der Waals surface area (Å²) in [5, 5.41) is 11.8. The molecule has 0 unspecified atom stereocenters. The van der Waals surface area contributed by atoms with Gasteiger partial charge in [0, 0.05) is 36.5 Å². The monoisotopic (exact) mass is 358 g/mol. The van der Waals surface area contributed by atoms with E-state index in [1.54, 1.807) is 0 Å². The minimum atomic E-state index is 0.359. The van der Waals surface area contributed by atoms with Gasteiger partial charge in [-0.2, -0.15) is 10.2 Å². The van der Waals surface area contributed by atoms with Crippen LogP contribution in [0.25, 0.3) is 16.9 Å². The average molecular weight is 358 g/mol. The fourth-order valence-corrected chi connectivity index (χ4v) is 4.06. The molecule has 136 valence electrons. The van der Waals surface area contributed by atoms with Crippen molar-refractivity contribution in [2.24, 2.45) is 0 Å². The maximum atomic E-state index is 5.05. The minimum Gasteiger partial charge on any atom is -0.348 e. The number of benzene rings is 1. The lowest BCUT2D eigenvalue weighted by Crippen LogP contribution is -2.17. The SMILES string of the molecule is Cc1nn2c(-c3cn[nH]c3)cc(N3Cc4ccccc4C3)nc2c1C(C)C. The summed E-state index contributed by atoms with van der Waals surface area (Å²) in [4.78, 5) is 7.38. The van der Waals surface area contributed by atoms with E-state index < -0.39 is 0 Å². The van der Waals surface area contributed by atoms with Crippen LogP contribution in [0.2, 0.25) is 0 Å². The first kappa shape index (κ1) is 16.1. The van der Waals surface area contributed by atoms with E-state index in [1.807, 2.05) is 16.9 Å². The van der Waals surface area contributed by atoms with Crippen molar-refractivity contribution in [1.82, 2.24) is 24.8 Å². The number of hydrogen-bond donors (Lipinski definition) is 1. The third-order valence-electron chi connectivity index (χ3n) is 5.33. The highest BCUT2D eigenvalue weighted by molar-refractivity contribution is 5.69. The highest BCUT2D eigenvalue weighted by atomic mass is 15.3. The number of anilines is 1. The zero-order valence-corrected chi connectivity index (χ0v) is 15.8. The fraction of sp³-hybridized carbons (Fsp3) is 0.286. The molecular formula is C21H22N6. The van der Waals surface area contributed by atoms with E-state index in [0.29, 0.717) is 5.92 Å². The summed E-state index contributed by atoms with van der Waals surface area (Å²) in [6.07, 6.45) is 3.74. The van der Waals surface area contributed by atoms with Crippen LogP contribution in [0.1, 0.15) is 42.1 Å². The van der Waals surface area contributed by atoms with E-state index in [2.05, 4.69) is 66.2 Å². The number of fused-ring (bicyclic) bond motifs is 2. The maximum Gasteiger partial charge on any atom is 0.161 e. The third-order valence-corrected chi connectivity index (χ3v) is 5.33. The lowest BCUT2D eigenvalue weighted by Gasteiger charge is -2.18. The van der Waals surface area contributed by atoms with Gasteiger partial charge in [0.05, 0.1) is 17.6 Å². The molecule has 0 spiro atoms. The Hall–Kier alpha value is -3.15. The molecule has 4 heterocycles. The van der Waals surface area contributed by atoms with Crippen LogP contribution < -0.4 is 4.90 Å². The number of rotatable bonds is 3. The summed E-state index contributed by atoms with van der Waals surface area (Å²) in [6, 6.07) is 10.7. The lowest BCUT2D eigenvalue weighted by molar-refractivity contribution is 0.841. The van der Waals surface area contributed by atoms with Gasteiger partial charge in [-0.25, -0.2) is 9.50 Å². The molecule has 5 rings (SSSR count). The highest BCUT2D eigenvalue weighted by Gasteiger charge is 2.24. The van der Waals surface area contributed by atoms with Gasteiger partial charge in [0.25, 0.3) is 0 Å². The van der Waals surface area contributed by atoms with Crippen molar-refractivity contribution < 1.29 is 0 Å². The normalized spacial score (nSPS) is 13.7. The number of nitrogens with one attached hydrogen (secondary N) is 1. The van der Waals surface area contributed by atoms with E-state index in [4.69, 9.17) is 10.1 Å². The summed E-state index contributed by atoms with van der Waals surface area (Å²) in [5.41, 5.74) is 7.94. The molecule has 1 aromatic carbocycles. The standard InChI is InChI=1S/C21H22N6/c1-13(2)20-14(3)25-27-18(17-9-22-23-10-17)8-19(24-21(20)27)26-11-15-6-4-5-7-16(15)12-26/h4-10,13H,11-12H2,1-3H3,(H,22,23). The first-order valence-electron chi connectivity index (χ1n) is 9.33. The second-order valence-corrected chi connectivity index (χ2v) is 7.50. The first-order valence-corrected chi connectivity index (χ1v) is 9.33. The Labute approximate surface area is 157 Å². The van der Waals surface area contributed by atoms with Gasteiger partial charge in [-0.1, -0.05) is 38.1 Å². The van der Waals surface area contributed by atoms with Gasteiger partial charge in [0.15, 0.2) is 5.65 Å². The molecule has 0 saturated carbocycles. The zero-order chi connectivity index (χ0) is 18.5. The smallest absolute Gasteiger partial charge is 0.161 e. The molecule has 0 fully saturated rings. The van der Waals surface area contributed by atoms with Gasteiger partial charge < -0.3 is 4.90 Å². The molecule has 6 heteroatoms. The van der Waals surface area contributed by atoms with Gasteiger partial charge in [-0.15, -0.1) is 0 Å². The largest absolute Gasteiger partial charge is 0.348 e. The molecule has 1 N–H and O–H groups in total. The Balaban J connectivity index is 1.71. The van der Waals surface area contributed by atoms with Crippen LogP contribution in [0.4, 0.5) is 5.82 Å². The first-order chi connectivity index (χ1) is 13.1. The van der Waals surface area contributed by atoms with Crippen molar-refractivity contribution in [1.29, 1.82) is 0 Å². The van der Waals surface area contributed by atoms with Crippen LogP contribution >= 0.6 is 0 Å². The van der Waals surface area contributed by atoms with Crippen molar-refractivity contribution in [2.45, 2.75) is 39.8 Å². The van der Waals surface area contributed by atoms with Crippen molar-refractivity contribution in [2.75, 3.05) is 4.90 Å². The highest BCUT2D eigenvalue weighted by Crippen LogP contribution is 2.33. The fourth-order valence-electron chi connectivity index (χ4n) is 4.06. The van der Waals surface area contributed by atoms with E-state index in [-0.39, 0.29) is 0 Å². The van der Waals surface area contributed by atoms with Crippen molar-refractivity contribution in [3.8, 4) is 11.3 Å². The van der Waals surface area contributed by atoms with Crippen LogP contribution in [-0.4, -0.2) is 24.8 Å². The summed E-state index contributed by atoms with van der Waals surface area (Å²) in [5.74, 6) is 1.34. The molecule has 4 aromatic rings. The molecule has 6 nitrogen and oxygen atoms in total. The zero-order valence-electron chi connectivity index (χ0n) is 15.8. The predicted octanol–water partition coefficient (Wildman–Crippen LogP) is 4.07. The number of nitrogens with zero attached hydrogens (tertiary/aromatic N) is 5. The van der Waals surface area contributed by atoms with Crippen LogP contribution in [0.3, 0.4) is 0 Å². The molecule has 0 aliphatic carbocycles. The number of aryl methyl sites for hydroxylation is 1. The Morgan fingerprint density at radius 1 is 1.11 bits per heavy atom. The lowest BCUT2D eigenvalue weighted by atomic mass is 10.0. The molecule has 1 aliphatic rings. The Morgan fingerprint density at radius 3 is 2.48 bits per heavy atom. The summed E-state index contributed by atoms with van der Waals surface area (Å²) < 4.78 is 1.96. The second-order valence-electron chi connectivity index (χ2n) is 7.50. The number of H-pyrrole nitrogens is 1. The molecule has 0 saturated heterocycles. The minimum absolute atomic E-state index is 0.359. The van der Waals surface area contributed by atoms with Gasteiger partial charge in [-0.05, 0) is 24.0 Å². The summed E-state index contributed by atoms with van der Waals surface area (Å²) in [7, 11) is 0. The maximum absolute atomic E-state index is 5.05. The number of hydrogen-bond acceptors (Lipinski definition) is 4. The molecule has 0 radical (unpaired) electrons. The molecule has 1 aliphatic heterocycles. The average Bonchev–Trinajstić information content (AvgIpc) is 3.37. The summed E-state index contributed by atoms with van der Waals surface area (Å²) in [6.45, 7) is 8.22. The molecule has 0 bridgehead atoms. The van der Waals surface area contributed by atoms with E-state index in [1.165, 1.54) is 16.7 Å². The van der Waals surface area contributed by atoms with Crippen LogP contribution in [0.15, 0.2) is 42.7 Å². The number of aromatic amines is 1. The van der Waals surface area contributed by atoms with Gasteiger partial charge >= 0.3 is 0 Å². The Morgan fingerprint density at radius 2 is 1.85 bits per heavy atom. The van der Waals surface area contributed by atoms with Gasteiger partial charge in [0.1, 0.15) is 5.82 Å². The van der Waals surface area contributed by atoms with E-state index in [9.17, 15) is 0 Å². The quantitative estimate of drug-likeness (QED) is 0.600. The van der Waals surface area contributed by atoms with E-state index >= 15 is 0 Å². The van der Waals surface area contributed by atoms with Gasteiger partial charge in [0.2, 0.25) is 0 Å². The second kappa shape index (κ2) is 5.94. The van der Waals surface area contributed by atoms with E-state index in [0.717, 1.165) is 41.5 Å². The van der Waals surface area contributed by atoms with Crippen LogP contribution in [-0.2, 0) is 13.1 Å². The summed E-state index contributed by atoms with van der Waals surface area (Å²) >= 11 is 0.